The first-order valence-corrected chi connectivity index (χ1v) is 5.25. The zero-order valence-corrected chi connectivity index (χ0v) is 10.1. The Balaban J connectivity index is 2.80. The molecule has 0 radical (unpaired) electrons. The van der Waals surface area contributed by atoms with Gasteiger partial charge in [0.1, 0.15) is 0 Å². The zero-order chi connectivity index (χ0) is 12.1. The topological polar surface area (TPSA) is 76.5 Å². The maximum absolute atomic E-state index is 11.2. The summed E-state index contributed by atoms with van der Waals surface area (Å²) in [5.74, 6) is -3.19. The normalized spacial score (nSPS) is 11.9. The van der Waals surface area contributed by atoms with Crippen LogP contribution in [0.5, 0.6) is 0 Å². The highest BCUT2D eigenvalue weighted by atomic mass is 79.9. The molecule has 0 aromatic carbocycles. The Morgan fingerprint density at radius 2 is 2.25 bits per heavy atom. The summed E-state index contributed by atoms with van der Waals surface area (Å²) in [6.45, 7) is 0. The first kappa shape index (κ1) is 12.6. The van der Waals surface area contributed by atoms with Gasteiger partial charge in [-0.1, -0.05) is 0 Å². The molecule has 0 amide bonds. The Morgan fingerprint density at radius 1 is 1.56 bits per heavy atom. The monoisotopic (exact) mass is 287 g/mol. The molecule has 0 aliphatic rings. The van der Waals surface area contributed by atoms with Gasteiger partial charge in [0.2, 0.25) is 0 Å². The number of esters is 1. The molecule has 0 spiro atoms. The molecule has 1 unspecified atom stereocenters. The average molecular weight is 288 g/mol. The van der Waals surface area contributed by atoms with Gasteiger partial charge in [0.05, 0.1) is 7.11 Å². The molecular formula is C10H10BrNO4. The maximum Gasteiger partial charge on any atom is 0.320 e. The number of aromatic nitrogens is 1. The van der Waals surface area contributed by atoms with E-state index in [2.05, 4.69) is 25.7 Å². The average Bonchev–Trinajstić information content (AvgIpc) is 2.27. The molecule has 1 rings (SSSR count). The minimum absolute atomic E-state index is 0.0231. The minimum atomic E-state index is -1.21. The number of aliphatic carboxylic acids is 1. The lowest BCUT2D eigenvalue weighted by Crippen LogP contribution is -2.27. The fourth-order valence-corrected chi connectivity index (χ4v) is 1.38. The van der Waals surface area contributed by atoms with Crippen molar-refractivity contribution in [3.05, 3.63) is 28.5 Å². The number of carboxylic acid groups (broad SMARTS) is 1. The van der Waals surface area contributed by atoms with Crippen LogP contribution in [0.2, 0.25) is 0 Å². The molecule has 5 nitrogen and oxygen atoms in total. The highest BCUT2D eigenvalue weighted by Gasteiger charge is 2.27. The van der Waals surface area contributed by atoms with Gasteiger partial charge < -0.3 is 9.84 Å². The van der Waals surface area contributed by atoms with Crippen molar-refractivity contribution in [1.29, 1.82) is 0 Å². The summed E-state index contributed by atoms with van der Waals surface area (Å²) in [4.78, 5) is 26.0. The number of rotatable bonds is 4. The molecule has 0 saturated heterocycles. The number of nitrogens with zero attached hydrogens (tertiary/aromatic N) is 1. The van der Waals surface area contributed by atoms with E-state index in [1.165, 1.54) is 0 Å². The van der Waals surface area contributed by atoms with Crippen molar-refractivity contribution in [3.63, 3.8) is 0 Å². The third kappa shape index (κ3) is 3.30. The third-order valence-electron chi connectivity index (χ3n) is 1.99. The zero-order valence-electron chi connectivity index (χ0n) is 8.51. The van der Waals surface area contributed by atoms with Gasteiger partial charge in [-0.3, -0.25) is 14.6 Å². The molecule has 0 bridgehead atoms. The van der Waals surface area contributed by atoms with Crippen LogP contribution in [-0.2, 0) is 20.7 Å². The van der Waals surface area contributed by atoms with Crippen LogP contribution in [-0.4, -0.2) is 29.1 Å². The molecule has 1 atom stereocenters. The van der Waals surface area contributed by atoms with Crippen molar-refractivity contribution >= 4 is 27.9 Å². The summed E-state index contributed by atoms with van der Waals surface area (Å²) in [5.41, 5.74) is 0.529. The summed E-state index contributed by atoms with van der Waals surface area (Å²) in [5, 5.41) is 8.85. The molecular weight excluding hydrogens is 278 g/mol. The largest absolute Gasteiger partial charge is 0.481 e. The summed E-state index contributed by atoms with van der Waals surface area (Å²) < 4.78 is 5.21. The summed E-state index contributed by atoms with van der Waals surface area (Å²) in [6, 6.07) is 3.39. The molecule has 1 N–H and O–H groups in total. The number of carbonyl (C=O) groups excluding carboxylic acids is 1. The van der Waals surface area contributed by atoms with Crippen LogP contribution < -0.4 is 0 Å². The van der Waals surface area contributed by atoms with Crippen molar-refractivity contribution in [3.8, 4) is 0 Å². The number of ether oxygens (including phenoxy) is 1. The highest BCUT2D eigenvalue weighted by Crippen LogP contribution is 2.12. The number of methoxy groups -OCH3 is 1. The smallest absolute Gasteiger partial charge is 0.320 e. The first-order chi connectivity index (χ1) is 7.54. The van der Waals surface area contributed by atoms with E-state index in [9.17, 15) is 9.59 Å². The maximum atomic E-state index is 11.2. The molecule has 0 saturated carbocycles. The Kier molecular flexibility index (Phi) is 4.42. The molecule has 86 valence electrons. The van der Waals surface area contributed by atoms with Gasteiger partial charge in [-0.15, -0.1) is 0 Å². The number of hydrogen-bond donors (Lipinski definition) is 1. The Labute approximate surface area is 101 Å². The van der Waals surface area contributed by atoms with Gasteiger partial charge in [-0.25, -0.2) is 0 Å². The standard InChI is InChI=1S/C10H10BrNO4/c1-16-10(15)8(9(13)14)4-7-3-2-6(11)5-12-7/h2-3,5,8H,4H2,1H3,(H,13,14). The third-order valence-corrected chi connectivity index (χ3v) is 2.45. The second kappa shape index (κ2) is 5.60. The van der Waals surface area contributed by atoms with Crippen molar-refractivity contribution in [2.75, 3.05) is 7.11 Å². The van der Waals surface area contributed by atoms with Crippen LogP contribution >= 0.6 is 15.9 Å². The van der Waals surface area contributed by atoms with Crippen molar-refractivity contribution in [2.24, 2.45) is 5.92 Å². The lowest BCUT2D eigenvalue weighted by Gasteiger charge is -2.09. The number of hydrogen-bond acceptors (Lipinski definition) is 4. The highest BCUT2D eigenvalue weighted by molar-refractivity contribution is 9.10. The Hall–Kier alpha value is -1.43. The van der Waals surface area contributed by atoms with E-state index in [1.807, 2.05) is 0 Å². The van der Waals surface area contributed by atoms with E-state index in [4.69, 9.17) is 5.11 Å². The molecule has 0 fully saturated rings. The fraction of sp³-hybridized carbons (Fsp3) is 0.300. The van der Waals surface area contributed by atoms with Gasteiger partial charge in [-0.2, -0.15) is 0 Å². The van der Waals surface area contributed by atoms with Gasteiger partial charge in [0, 0.05) is 22.8 Å². The van der Waals surface area contributed by atoms with Crippen molar-refractivity contribution in [1.82, 2.24) is 4.98 Å². The molecule has 16 heavy (non-hydrogen) atoms. The predicted molar refractivity (Wildman–Crippen MR) is 58.8 cm³/mol. The number of halogens is 1. The van der Waals surface area contributed by atoms with E-state index in [1.54, 1.807) is 18.3 Å². The Bertz CT molecular complexity index is 390. The van der Waals surface area contributed by atoms with E-state index in [0.29, 0.717) is 5.69 Å². The van der Waals surface area contributed by atoms with E-state index >= 15 is 0 Å². The molecule has 0 aliphatic heterocycles. The van der Waals surface area contributed by atoms with Gasteiger partial charge in [0.25, 0.3) is 0 Å². The number of pyridine rings is 1. The molecule has 6 heteroatoms. The van der Waals surface area contributed by atoms with Crippen LogP contribution in [0.4, 0.5) is 0 Å². The van der Waals surface area contributed by atoms with Crippen LogP contribution in [0, 0.1) is 5.92 Å². The molecule has 1 aromatic rings. The fourth-order valence-electron chi connectivity index (χ4n) is 1.15. The van der Waals surface area contributed by atoms with Crippen molar-refractivity contribution in [2.45, 2.75) is 6.42 Å². The van der Waals surface area contributed by atoms with Crippen LogP contribution in [0.15, 0.2) is 22.8 Å². The quantitative estimate of drug-likeness (QED) is 0.666. The molecule has 1 heterocycles. The van der Waals surface area contributed by atoms with Crippen LogP contribution in [0.1, 0.15) is 5.69 Å². The van der Waals surface area contributed by atoms with E-state index in [-0.39, 0.29) is 6.42 Å². The van der Waals surface area contributed by atoms with Gasteiger partial charge >= 0.3 is 11.9 Å². The minimum Gasteiger partial charge on any atom is -0.481 e. The van der Waals surface area contributed by atoms with Gasteiger partial charge in [0.15, 0.2) is 5.92 Å². The summed E-state index contributed by atoms with van der Waals surface area (Å²) in [6.07, 6.45) is 1.57. The Morgan fingerprint density at radius 3 is 2.69 bits per heavy atom. The SMILES string of the molecule is COC(=O)C(Cc1ccc(Br)cn1)C(=O)O. The first-order valence-electron chi connectivity index (χ1n) is 4.45. The summed E-state index contributed by atoms with van der Waals surface area (Å²) >= 11 is 3.21. The van der Waals surface area contributed by atoms with E-state index < -0.39 is 17.9 Å². The lowest BCUT2D eigenvalue weighted by atomic mass is 10.0. The van der Waals surface area contributed by atoms with Crippen molar-refractivity contribution < 1.29 is 19.4 Å². The second-order valence-electron chi connectivity index (χ2n) is 3.09. The lowest BCUT2D eigenvalue weighted by molar-refractivity contribution is -0.156. The predicted octanol–water partition coefficient (Wildman–Crippen LogP) is 1.26. The second-order valence-corrected chi connectivity index (χ2v) is 4.00. The van der Waals surface area contributed by atoms with Crippen LogP contribution in [0.25, 0.3) is 0 Å². The molecule has 0 aliphatic carbocycles. The number of carbonyl (C=O) groups is 2. The van der Waals surface area contributed by atoms with Crippen LogP contribution in [0.3, 0.4) is 0 Å². The number of carboxylic acids is 1. The van der Waals surface area contributed by atoms with E-state index in [0.717, 1.165) is 11.6 Å². The molecule has 1 aromatic heterocycles. The van der Waals surface area contributed by atoms with Gasteiger partial charge in [-0.05, 0) is 28.1 Å². The summed E-state index contributed by atoms with van der Waals surface area (Å²) in [7, 11) is 1.16.